The molecule has 0 aliphatic rings. The molecule has 0 radical (unpaired) electrons. The molecule has 1 heterocycles. The van der Waals surface area contributed by atoms with Crippen molar-refractivity contribution in [3.8, 4) is 11.8 Å². The summed E-state index contributed by atoms with van der Waals surface area (Å²) in [4.78, 5) is 11.7. The van der Waals surface area contributed by atoms with Gasteiger partial charge in [-0.25, -0.2) is 4.68 Å². The van der Waals surface area contributed by atoms with Gasteiger partial charge < -0.3 is 5.11 Å². The Morgan fingerprint density at radius 1 is 1.30 bits per heavy atom. The molecule has 0 saturated heterocycles. The summed E-state index contributed by atoms with van der Waals surface area (Å²) in [6, 6.07) is 10.9. The van der Waals surface area contributed by atoms with Gasteiger partial charge in [0.05, 0.1) is 18.8 Å². The van der Waals surface area contributed by atoms with E-state index in [9.17, 15) is 4.79 Å². The molecule has 0 saturated carbocycles. The third-order valence-corrected chi connectivity index (χ3v) is 2.73. The van der Waals surface area contributed by atoms with E-state index in [0.717, 1.165) is 16.8 Å². The highest BCUT2D eigenvalue weighted by molar-refractivity contribution is 5.37. The molecule has 0 fully saturated rings. The van der Waals surface area contributed by atoms with Crippen LogP contribution in [0.3, 0.4) is 0 Å². The lowest BCUT2D eigenvalue weighted by atomic mass is 10.1. The number of aliphatic hydroxyl groups is 1. The zero-order chi connectivity index (χ0) is 14.4. The molecule has 4 nitrogen and oxygen atoms in total. The zero-order valence-electron chi connectivity index (χ0n) is 11.3. The molecule has 2 aromatic rings. The van der Waals surface area contributed by atoms with Crippen molar-refractivity contribution in [1.82, 2.24) is 9.78 Å². The standard InChI is InChI=1S/C16H16N2O2/c1-13-8-9-16(20)18(17-13)12-15-7-4-6-14(11-15)5-2-3-10-19/h4,6-9,11,19H,3,10,12H2,1H3. The number of aliphatic hydroxyl groups excluding tert-OH is 1. The van der Waals surface area contributed by atoms with Crippen molar-refractivity contribution in [2.75, 3.05) is 6.61 Å². The first-order valence-corrected chi connectivity index (χ1v) is 6.42. The minimum absolute atomic E-state index is 0.0648. The summed E-state index contributed by atoms with van der Waals surface area (Å²) in [6.07, 6.45) is 0.461. The molecular weight excluding hydrogens is 252 g/mol. The summed E-state index contributed by atoms with van der Waals surface area (Å²) in [7, 11) is 0. The van der Waals surface area contributed by atoms with Crippen molar-refractivity contribution in [1.29, 1.82) is 0 Å². The highest BCUT2D eigenvalue weighted by Crippen LogP contribution is 2.05. The Labute approximate surface area is 117 Å². The van der Waals surface area contributed by atoms with Crippen LogP contribution >= 0.6 is 0 Å². The Kier molecular flexibility index (Phi) is 4.70. The predicted molar refractivity (Wildman–Crippen MR) is 77.4 cm³/mol. The number of aromatic nitrogens is 2. The van der Waals surface area contributed by atoms with Gasteiger partial charge in [0.2, 0.25) is 0 Å². The van der Waals surface area contributed by atoms with Gasteiger partial charge in [0.25, 0.3) is 5.56 Å². The molecule has 1 aromatic heterocycles. The van der Waals surface area contributed by atoms with E-state index < -0.39 is 0 Å². The summed E-state index contributed by atoms with van der Waals surface area (Å²) >= 11 is 0. The third kappa shape index (κ3) is 3.81. The minimum atomic E-state index is -0.118. The largest absolute Gasteiger partial charge is 0.395 e. The molecule has 0 atom stereocenters. The average Bonchev–Trinajstić information content (AvgIpc) is 2.44. The first-order valence-electron chi connectivity index (χ1n) is 6.42. The van der Waals surface area contributed by atoms with E-state index >= 15 is 0 Å². The maximum atomic E-state index is 11.7. The SMILES string of the molecule is Cc1ccc(=O)n(Cc2cccc(C#CCCO)c2)n1. The van der Waals surface area contributed by atoms with E-state index in [1.807, 2.05) is 31.2 Å². The van der Waals surface area contributed by atoms with Crippen molar-refractivity contribution < 1.29 is 5.11 Å². The summed E-state index contributed by atoms with van der Waals surface area (Å²) in [5, 5.41) is 12.9. The van der Waals surface area contributed by atoms with E-state index in [1.54, 1.807) is 6.07 Å². The molecule has 20 heavy (non-hydrogen) atoms. The van der Waals surface area contributed by atoms with E-state index in [-0.39, 0.29) is 12.2 Å². The Bertz CT molecular complexity index is 708. The summed E-state index contributed by atoms with van der Waals surface area (Å²) in [5.74, 6) is 5.86. The van der Waals surface area contributed by atoms with Gasteiger partial charge in [-0.3, -0.25) is 4.79 Å². The average molecular weight is 268 g/mol. The number of hydrogen-bond acceptors (Lipinski definition) is 3. The van der Waals surface area contributed by atoms with Crippen LogP contribution in [0, 0.1) is 18.8 Å². The van der Waals surface area contributed by atoms with Gasteiger partial charge in [-0.1, -0.05) is 24.0 Å². The third-order valence-electron chi connectivity index (χ3n) is 2.73. The van der Waals surface area contributed by atoms with Crippen LogP contribution in [0.4, 0.5) is 0 Å². The highest BCUT2D eigenvalue weighted by atomic mass is 16.2. The molecule has 1 aromatic carbocycles. The summed E-state index contributed by atoms with van der Waals surface area (Å²) in [5.41, 5.74) is 2.54. The normalized spacial score (nSPS) is 9.90. The monoisotopic (exact) mass is 268 g/mol. The fraction of sp³-hybridized carbons (Fsp3) is 0.250. The van der Waals surface area contributed by atoms with Gasteiger partial charge in [0.1, 0.15) is 0 Å². The van der Waals surface area contributed by atoms with Crippen LogP contribution in [0.2, 0.25) is 0 Å². The first-order chi connectivity index (χ1) is 9.69. The maximum Gasteiger partial charge on any atom is 0.267 e. The molecule has 0 spiro atoms. The van der Waals surface area contributed by atoms with Gasteiger partial charge >= 0.3 is 0 Å². The van der Waals surface area contributed by atoms with Crippen LogP contribution in [-0.2, 0) is 6.54 Å². The smallest absolute Gasteiger partial charge is 0.267 e. The van der Waals surface area contributed by atoms with Crippen molar-refractivity contribution in [3.63, 3.8) is 0 Å². The van der Waals surface area contributed by atoms with E-state index in [4.69, 9.17) is 5.11 Å². The number of rotatable bonds is 3. The van der Waals surface area contributed by atoms with E-state index in [0.29, 0.717) is 13.0 Å². The van der Waals surface area contributed by atoms with Crippen LogP contribution in [0.5, 0.6) is 0 Å². The Hall–Kier alpha value is -2.38. The fourth-order valence-electron chi connectivity index (χ4n) is 1.81. The van der Waals surface area contributed by atoms with Crippen LogP contribution in [-0.4, -0.2) is 21.5 Å². The lowest BCUT2D eigenvalue weighted by molar-refractivity contribution is 0.305. The van der Waals surface area contributed by atoms with Crippen molar-refractivity contribution in [3.05, 3.63) is 63.6 Å². The fourth-order valence-corrected chi connectivity index (χ4v) is 1.81. The minimum Gasteiger partial charge on any atom is -0.395 e. The Morgan fingerprint density at radius 3 is 2.95 bits per heavy atom. The van der Waals surface area contributed by atoms with Crippen LogP contribution in [0.25, 0.3) is 0 Å². The number of nitrogens with zero attached hydrogens (tertiary/aromatic N) is 2. The van der Waals surface area contributed by atoms with E-state index in [2.05, 4.69) is 16.9 Å². The lowest BCUT2D eigenvalue weighted by Crippen LogP contribution is -2.22. The van der Waals surface area contributed by atoms with Gasteiger partial charge in [-0.15, -0.1) is 0 Å². The van der Waals surface area contributed by atoms with E-state index in [1.165, 1.54) is 10.7 Å². The second kappa shape index (κ2) is 6.69. The molecule has 2 rings (SSSR count). The molecular formula is C16H16N2O2. The number of aryl methyl sites for hydroxylation is 1. The highest BCUT2D eigenvalue weighted by Gasteiger charge is 2.00. The molecule has 0 aliphatic heterocycles. The van der Waals surface area contributed by atoms with Gasteiger partial charge in [-0.05, 0) is 30.7 Å². The van der Waals surface area contributed by atoms with Crippen LogP contribution in [0.1, 0.15) is 23.2 Å². The molecule has 1 N–H and O–H groups in total. The number of benzene rings is 1. The lowest BCUT2D eigenvalue weighted by Gasteiger charge is -2.05. The van der Waals surface area contributed by atoms with Crippen molar-refractivity contribution in [2.24, 2.45) is 0 Å². The molecule has 4 heteroatoms. The Balaban J connectivity index is 2.22. The van der Waals surface area contributed by atoms with Crippen LogP contribution in [0.15, 0.2) is 41.2 Å². The second-order valence-corrected chi connectivity index (χ2v) is 4.45. The first kappa shape index (κ1) is 14.0. The molecule has 0 aliphatic carbocycles. The van der Waals surface area contributed by atoms with Crippen LogP contribution < -0.4 is 5.56 Å². The second-order valence-electron chi connectivity index (χ2n) is 4.45. The van der Waals surface area contributed by atoms with Gasteiger partial charge in [0.15, 0.2) is 0 Å². The molecule has 102 valence electrons. The summed E-state index contributed by atoms with van der Waals surface area (Å²) < 4.78 is 1.44. The number of hydrogen-bond donors (Lipinski definition) is 1. The predicted octanol–water partition coefficient (Wildman–Crippen LogP) is 1.33. The molecule has 0 bridgehead atoms. The van der Waals surface area contributed by atoms with Gasteiger partial charge in [0, 0.05) is 18.1 Å². The Morgan fingerprint density at radius 2 is 2.15 bits per heavy atom. The zero-order valence-corrected chi connectivity index (χ0v) is 11.3. The quantitative estimate of drug-likeness (QED) is 0.855. The topological polar surface area (TPSA) is 55.1 Å². The summed E-state index contributed by atoms with van der Waals surface area (Å²) in [6.45, 7) is 2.35. The van der Waals surface area contributed by atoms with Gasteiger partial charge in [-0.2, -0.15) is 5.10 Å². The van der Waals surface area contributed by atoms with Crippen molar-refractivity contribution in [2.45, 2.75) is 19.9 Å². The van der Waals surface area contributed by atoms with Crippen molar-refractivity contribution >= 4 is 0 Å². The molecule has 0 amide bonds. The maximum absolute atomic E-state index is 11.7. The molecule has 0 unspecified atom stereocenters.